The van der Waals surface area contributed by atoms with Gasteiger partial charge in [0.25, 0.3) is 0 Å². The number of alkyl carbamates (subject to hydrolysis) is 1. The van der Waals surface area contributed by atoms with Gasteiger partial charge in [-0.1, -0.05) is 44.2 Å². The Balaban J connectivity index is 0.861. The van der Waals surface area contributed by atoms with Gasteiger partial charge in [-0.25, -0.2) is 19.6 Å². The average molecular weight is 815 g/mol. The molecule has 0 spiro atoms. The van der Waals surface area contributed by atoms with Crippen LogP contribution in [0.2, 0.25) is 0 Å². The maximum absolute atomic E-state index is 14.2. The third-order valence-corrected chi connectivity index (χ3v) is 13.6. The number of fused-ring (bicyclic) bond motifs is 4. The van der Waals surface area contributed by atoms with Crippen molar-refractivity contribution in [3.63, 3.8) is 0 Å². The van der Waals surface area contributed by atoms with Gasteiger partial charge >= 0.3 is 12.2 Å². The number of H-pyrrole nitrogens is 2. The van der Waals surface area contributed by atoms with Gasteiger partial charge < -0.3 is 45.0 Å². The summed E-state index contributed by atoms with van der Waals surface area (Å²) in [6, 6.07) is 17.2. The Labute approximate surface area is 346 Å². The number of carbonyl (C=O) groups is 4. The zero-order chi connectivity index (χ0) is 41.4. The summed E-state index contributed by atoms with van der Waals surface area (Å²) < 4.78 is 10.5. The van der Waals surface area contributed by atoms with Crippen LogP contribution >= 0.6 is 0 Å². The molecule has 3 aromatic carbocycles. The summed E-state index contributed by atoms with van der Waals surface area (Å²) in [5.74, 6) is 1.84. The lowest BCUT2D eigenvalue weighted by Crippen LogP contribution is -2.54. The van der Waals surface area contributed by atoms with Crippen LogP contribution in [0.3, 0.4) is 0 Å². The van der Waals surface area contributed by atoms with Crippen LogP contribution in [0, 0.1) is 23.7 Å². The monoisotopic (exact) mass is 814 g/mol. The quantitative estimate of drug-likeness (QED) is 0.104. The highest BCUT2D eigenvalue weighted by Gasteiger charge is 2.57. The summed E-state index contributed by atoms with van der Waals surface area (Å²) in [5, 5.41) is 16.9. The third-order valence-electron chi connectivity index (χ3n) is 13.6. The number of aromatic amines is 2. The molecule has 5 aromatic rings. The second kappa shape index (κ2) is 14.9. The van der Waals surface area contributed by atoms with Crippen molar-refractivity contribution in [3.8, 4) is 22.4 Å². The summed E-state index contributed by atoms with van der Waals surface area (Å²) in [4.78, 5) is 72.6. The summed E-state index contributed by atoms with van der Waals surface area (Å²) >= 11 is 0. The van der Waals surface area contributed by atoms with Crippen LogP contribution in [0.1, 0.15) is 76.1 Å². The van der Waals surface area contributed by atoms with E-state index in [0.717, 1.165) is 81.5 Å². The van der Waals surface area contributed by atoms with Gasteiger partial charge in [0.2, 0.25) is 11.8 Å². The number of carboxylic acid groups (broad SMARTS) is 1. The van der Waals surface area contributed by atoms with Crippen LogP contribution in [-0.4, -0.2) is 103 Å². The first-order valence-corrected chi connectivity index (χ1v) is 21.2. The van der Waals surface area contributed by atoms with Gasteiger partial charge in [0.1, 0.15) is 23.7 Å². The number of likely N-dealkylation sites (tertiary alicyclic amines) is 2. The van der Waals surface area contributed by atoms with Crippen LogP contribution in [0.25, 0.3) is 44.2 Å². The van der Waals surface area contributed by atoms with Gasteiger partial charge in [0, 0.05) is 37.1 Å². The maximum Gasteiger partial charge on any atom is 0.407 e. The molecule has 0 bridgehead atoms. The third kappa shape index (κ3) is 6.91. The highest BCUT2D eigenvalue weighted by Crippen LogP contribution is 2.55. The Kier molecular flexibility index (Phi) is 9.53. The van der Waals surface area contributed by atoms with E-state index in [1.807, 2.05) is 35.9 Å². The van der Waals surface area contributed by atoms with Crippen LogP contribution in [0.5, 0.6) is 0 Å². The van der Waals surface area contributed by atoms with Crippen molar-refractivity contribution in [2.45, 2.75) is 88.6 Å². The van der Waals surface area contributed by atoms with Crippen molar-refractivity contribution < 1.29 is 33.8 Å². The predicted molar refractivity (Wildman–Crippen MR) is 221 cm³/mol. The van der Waals surface area contributed by atoms with E-state index in [-0.39, 0.29) is 47.8 Å². The Bertz CT molecular complexity index is 2510. The van der Waals surface area contributed by atoms with E-state index in [2.05, 4.69) is 69.1 Å². The van der Waals surface area contributed by atoms with Crippen LogP contribution < -0.4 is 10.6 Å². The maximum atomic E-state index is 14.2. The van der Waals surface area contributed by atoms with Crippen molar-refractivity contribution >= 4 is 45.8 Å². The number of benzene rings is 3. The molecule has 15 heteroatoms. The second-order valence-corrected chi connectivity index (χ2v) is 17.7. The zero-order valence-corrected chi connectivity index (χ0v) is 33.9. The molecule has 2 saturated carbocycles. The lowest BCUT2D eigenvalue weighted by Gasteiger charge is -2.35. The summed E-state index contributed by atoms with van der Waals surface area (Å²) in [6.07, 6.45) is 5.04. The number of piperidine rings is 2. The first kappa shape index (κ1) is 38.3. The molecule has 312 valence electrons. The molecule has 0 radical (unpaired) electrons. The van der Waals surface area contributed by atoms with Crippen LogP contribution in [0.4, 0.5) is 9.59 Å². The van der Waals surface area contributed by atoms with Crippen LogP contribution in [-0.2, 0) is 19.1 Å². The topological polar surface area (TPSA) is 195 Å². The lowest BCUT2D eigenvalue weighted by molar-refractivity contribution is -0.138. The Morgan fingerprint density at radius 3 is 2.12 bits per heavy atom. The Morgan fingerprint density at radius 2 is 1.43 bits per heavy atom. The van der Waals surface area contributed by atoms with E-state index in [1.165, 1.54) is 7.11 Å². The minimum Gasteiger partial charge on any atom is -0.465 e. The number of nitrogens with one attached hydrogen (secondary N) is 4. The molecule has 3 saturated heterocycles. The molecule has 5 aliphatic rings. The number of amides is 4. The van der Waals surface area contributed by atoms with E-state index in [1.54, 1.807) is 0 Å². The van der Waals surface area contributed by atoms with Crippen molar-refractivity contribution in [1.29, 1.82) is 0 Å². The number of ether oxygens (including phenoxy) is 2. The van der Waals surface area contributed by atoms with E-state index in [9.17, 15) is 24.3 Å². The first-order valence-electron chi connectivity index (χ1n) is 21.2. The van der Waals surface area contributed by atoms with Gasteiger partial charge in [0.15, 0.2) is 0 Å². The summed E-state index contributed by atoms with van der Waals surface area (Å²) in [5.41, 5.74) is 5.53. The SMILES string of the molecule is COC(=O)NC(C(=O)N1[C@@H]2C[C@@H]2C[C@H]1c1nc(-c2ccc3cc(-c4ccc5[nH]c([C@@H]6C[C@H]7C[C@H]7N6C(=O)C(NC(=O)O)C(C)C)nc5c4)ccc3c2)c[nH]1)C1CCOCC1. The fraction of sp³-hybridized carbons (Fsp3) is 0.467. The molecule has 5 N–H and O–H groups in total. The fourth-order valence-electron chi connectivity index (χ4n) is 10.2. The average Bonchev–Trinajstić information content (AvgIpc) is 3.87. The molecule has 2 unspecified atom stereocenters. The van der Waals surface area contributed by atoms with Crippen molar-refractivity contribution in [2.75, 3.05) is 20.3 Å². The Morgan fingerprint density at radius 1 is 0.800 bits per heavy atom. The molecule has 5 heterocycles. The predicted octanol–water partition coefficient (Wildman–Crippen LogP) is 6.54. The van der Waals surface area contributed by atoms with Crippen molar-refractivity contribution in [3.05, 3.63) is 72.4 Å². The van der Waals surface area contributed by atoms with E-state index in [4.69, 9.17) is 19.4 Å². The van der Waals surface area contributed by atoms with Gasteiger partial charge in [-0.15, -0.1) is 0 Å². The fourth-order valence-corrected chi connectivity index (χ4v) is 10.2. The standard InChI is InChI=1S/C45H50N8O7/c1-22(2)38(50-44(56)57)42(54)53-35-18-30(35)20-37(53)41-47-31-9-8-27(16-32(31)48-41)25-4-5-26-15-28(7-6-24(26)14-25)33-21-46-40(49-33)36-19-29-17-34(29)52(36)43(55)39(51-45(58)59-3)23-10-12-60-13-11-23/h4-9,14-16,21-23,29-30,34-39,50H,10-13,17-20H2,1-3H3,(H,46,49)(H,47,48)(H,51,58)(H,56,57)/t29-,30-,34-,35-,36+,37+,38?,39?/m1/s1. The second-order valence-electron chi connectivity index (χ2n) is 17.7. The molecule has 8 atom stereocenters. The molecule has 60 heavy (non-hydrogen) atoms. The molecule has 10 rings (SSSR count). The molecule has 4 amide bonds. The van der Waals surface area contributed by atoms with Gasteiger partial charge in [-0.05, 0) is 108 Å². The number of aromatic nitrogens is 4. The summed E-state index contributed by atoms with van der Waals surface area (Å²) in [7, 11) is 1.32. The molecule has 5 fully saturated rings. The Hall–Kier alpha value is -5.96. The number of rotatable bonds is 10. The smallest absolute Gasteiger partial charge is 0.407 e. The summed E-state index contributed by atoms with van der Waals surface area (Å²) in [6.45, 7) is 4.83. The largest absolute Gasteiger partial charge is 0.465 e. The minimum atomic E-state index is -1.20. The van der Waals surface area contributed by atoms with E-state index >= 15 is 0 Å². The van der Waals surface area contributed by atoms with Gasteiger partial charge in [-0.2, -0.15) is 0 Å². The molecule has 2 aliphatic carbocycles. The van der Waals surface area contributed by atoms with E-state index in [0.29, 0.717) is 37.9 Å². The lowest BCUT2D eigenvalue weighted by atomic mass is 9.90. The number of methoxy groups -OCH3 is 1. The molecular formula is C45H50N8O7. The normalized spacial score (nSPS) is 25.5. The van der Waals surface area contributed by atoms with Crippen molar-refractivity contribution in [2.24, 2.45) is 23.7 Å². The van der Waals surface area contributed by atoms with Crippen molar-refractivity contribution in [1.82, 2.24) is 40.4 Å². The van der Waals surface area contributed by atoms with E-state index < -0.39 is 24.3 Å². The van der Waals surface area contributed by atoms with Gasteiger partial charge in [0.05, 0.1) is 35.9 Å². The number of nitrogens with zero attached hydrogens (tertiary/aromatic N) is 4. The first-order chi connectivity index (χ1) is 29.0. The molecule has 15 nitrogen and oxygen atoms in total. The number of hydrogen-bond donors (Lipinski definition) is 5. The van der Waals surface area contributed by atoms with Crippen LogP contribution in [0.15, 0.2) is 60.8 Å². The minimum absolute atomic E-state index is 0.0259. The highest BCUT2D eigenvalue weighted by molar-refractivity contribution is 5.92. The number of hydrogen-bond acceptors (Lipinski definition) is 8. The highest BCUT2D eigenvalue weighted by atomic mass is 16.5. The number of imidazole rings is 2. The number of carbonyl (C=O) groups excluding carboxylic acids is 3. The van der Waals surface area contributed by atoms with Gasteiger partial charge in [-0.3, -0.25) is 9.59 Å². The zero-order valence-electron chi connectivity index (χ0n) is 33.9. The molecule has 2 aromatic heterocycles. The molecule has 3 aliphatic heterocycles. The molecular weight excluding hydrogens is 765 g/mol.